The molecule has 9 aromatic rings. The highest BCUT2D eigenvalue weighted by Crippen LogP contribution is 2.43. The van der Waals surface area contributed by atoms with Crippen molar-refractivity contribution in [3.05, 3.63) is 243 Å². The monoisotopic (exact) mass is 760 g/mol. The van der Waals surface area contributed by atoms with Crippen molar-refractivity contribution in [1.82, 2.24) is 0 Å². The summed E-state index contributed by atoms with van der Waals surface area (Å²) < 4.78 is 0. The van der Waals surface area contributed by atoms with Crippen LogP contribution in [0.5, 0.6) is 0 Å². The van der Waals surface area contributed by atoms with E-state index in [0.717, 1.165) is 22.7 Å². The van der Waals surface area contributed by atoms with E-state index in [1.165, 1.54) is 54.4 Å². The van der Waals surface area contributed by atoms with E-state index in [4.69, 9.17) is 0 Å². The second-order valence-electron chi connectivity index (χ2n) is 14.5. The van der Waals surface area contributed by atoms with Crippen molar-refractivity contribution >= 4 is 62.9 Å². The van der Waals surface area contributed by atoms with E-state index in [9.17, 15) is 0 Å². The molecular formula is C55H44N2Si. The van der Waals surface area contributed by atoms with E-state index in [1.807, 2.05) is 0 Å². The number of hydrogen-bond donors (Lipinski definition) is 0. The first-order valence-corrected chi connectivity index (χ1v) is 21.6. The fraction of sp³-hybridized carbons (Fsp3) is 0.0182. The van der Waals surface area contributed by atoms with Crippen molar-refractivity contribution in [1.29, 1.82) is 0 Å². The molecule has 9 aromatic carbocycles. The lowest BCUT2D eigenvalue weighted by atomic mass is 10.0. The first-order chi connectivity index (χ1) is 28.3. The predicted molar refractivity (Wildman–Crippen MR) is 251 cm³/mol. The number of anilines is 6. The van der Waals surface area contributed by atoms with E-state index in [-0.39, 0.29) is 7.43 Å². The topological polar surface area (TPSA) is 6.48 Å². The van der Waals surface area contributed by atoms with Crippen LogP contribution in [0.15, 0.2) is 243 Å². The Kier molecular flexibility index (Phi) is 9.89. The van der Waals surface area contributed by atoms with Gasteiger partial charge >= 0.3 is 0 Å². The van der Waals surface area contributed by atoms with Crippen LogP contribution in [0.4, 0.5) is 34.1 Å². The third-order valence-electron chi connectivity index (χ3n) is 11.3. The number of hydrogen-bond acceptors (Lipinski definition) is 2. The fourth-order valence-electron chi connectivity index (χ4n) is 8.76. The molecule has 0 aliphatic carbocycles. The minimum Gasteiger partial charge on any atom is -0.311 e. The molecule has 278 valence electrons. The lowest BCUT2D eigenvalue weighted by Gasteiger charge is -2.45. The second kappa shape index (κ2) is 15.7. The Labute approximate surface area is 343 Å². The molecule has 3 heteroatoms. The van der Waals surface area contributed by atoms with Gasteiger partial charge in [0.2, 0.25) is 0 Å². The van der Waals surface area contributed by atoms with Gasteiger partial charge in [-0.2, -0.15) is 0 Å². The van der Waals surface area contributed by atoms with Crippen LogP contribution in [-0.2, 0) is 0 Å². The van der Waals surface area contributed by atoms with E-state index in [2.05, 4.69) is 252 Å². The second-order valence-corrected chi connectivity index (χ2v) is 18.3. The number of nitrogens with zero attached hydrogens (tertiary/aromatic N) is 2. The van der Waals surface area contributed by atoms with Gasteiger partial charge in [0, 0.05) is 34.1 Å². The summed E-state index contributed by atoms with van der Waals surface area (Å²) in [5.41, 5.74) is 11.6. The van der Waals surface area contributed by atoms with Crippen LogP contribution < -0.4 is 30.5 Å². The Morgan fingerprint density at radius 1 is 0.310 bits per heavy atom. The summed E-state index contributed by atoms with van der Waals surface area (Å²) in [5, 5.41) is 5.49. The molecule has 0 atom stereocenters. The standard InChI is InChI=1S/C54H40N2Si.CH4/c1-6-18-41(19-7-1)43-30-34-46(35-31-43)55(47-36-32-44(33-37-47)42-20-8-2-9-21-42)48-38-39-54-52(40-48)56(45-22-10-3-11-23-45)51-28-16-17-29-53(51)57(54,49-24-12-4-13-25-49)50-26-14-5-15-27-50;/h1-40H;1H4. The first kappa shape index (κ1) is 36.4. The smallest absolute Gasteiger partial charge is 0.184 e. The molecule has 0 unspecified atom stereocenters. The van der Waals surface area contributed by atoms with Gasteiger partial charge in [0.25, 0.3) is 0 Å². The number of fused-ring (bicyclic) bond motifs is 2. The van der Waals surface area contributed by atoms with Crippen LogP contribution in [-0.4, -0.2) is 8.07 Å². The number of benzene rings is 9. The maximum Gasteiger partial charge on any atom is 0.184 e. The fourth-order valence-corrected chi connectivity index (χ4v) is 13.8. The summed E-state index contributed by atoms with van der Waals surface area (Å²) in [6.07, 6.45) is 0. The molecule has 1 heterocycles. The molecule has 0 saturated heterocycles. The third kappa shape index (κ3) is 6.32. The van der Waals surface area contributed by atoms with Crippen LogP contribution in [0.2, 0.25) is 0 Å². The normalized spacial score (nSPS) is 12.4. The molecule has 1 aliphatic heterocycles. The molecule has 0 aromatic heterocycles. The summed E-state index contributed by atoms with van der Waals surface area (Å²) >= 11 is 0. The molecular weight excluding hydrogens is 717 g/mol. The molecule has 2 nitrogen and oxygen atoms in total. The van der Waals surface area contributed by atoms with Crippen molar-refractivity contribution < 1.29 is 0 Å². The van der Waals surface area contributed by atoms with Gasteiger partial charge < -0.3 is 9.80 Å². The molecule has 0 bridgehead atoms. The lowest BCUT2D eigenvalue weighted by Crippen LogP contribution is -2.77. The zero-order chi connectivity index (χ0) is 38.0. The van der Waals surface area contributed by atoms with Gasteiger partial charge in [-0.25, -0.2) is 0 Å². The third-order valence-corrected chi connectivity index (χ3v) is 16.2. The van der Waals surface area contributed by atoms with Crippen LogP contribution in [0.1, 0.15) is 7.43 Å². The Hall–Kier alpha value is -7.20. The lowest BCUT2D eigenvalue weighted by molar-refractivity contribution is 1.25. The minimum atomic E-state index is -2.82. The Morgan fingerprint density at radius 3 is 1.19 bits per heavy atom. The van der Waals surface area contributed by atoms with Gasteiger partial charge in [0.15, 0.2) is 8.07 Å². The molecule has 0 fully saturated rings. The summed E-state index contributed by atoms with van der Waals surface area (Å²) in [6, 6.07) is 88.8. The zero-order valence-corrected chi connectivity index (χ0v) is 32.5. The van der Waals surface area contributed by atoms with Crippen molar-refractivity contribution in [3.8, 4) is 22.3 Å². The van der Waals surface area contributed by atoms with Crippen LogP contribution in [0.3, 0.4) is 0 Å². The summed E-state index contributed by atoms with van der Waals surface area (Å²) in [7, 11) is -2.82. The average molecular weight is 761 g/mol. The Morgan fingerprint density at radius 2 is 0.690 bits per heavy atom. The molecule has 0 spiro atoms. The summed E-state index contributed by atoms with van der Waals surface area (Å²) in [4.78, 5) is 4.89. The molecule has 0 radical (unpaired) electrons. The molecule has 0 N–H and O–H groups in total. The number of rotatable bonds is 8. The van der Waals surface area contributed by atoms with E-state index >= 15 is 0 Å². The van der Waals surface area contributed by atoms with Crippen molar-refractivity contribution in [2.75, 3.05) is 9.80 Å². The van der Waals surface area contributed by atoms with E-state index < -0.39 is 8.07 Å². The summed E-state index contributed by atoms with van der Waals surface area (Å²) in [6.45, 7) is 0. The van der Waals surface area contributed by atoms with Crippen LogP contribution in [0, 0.1) is 0 Å². The van der Waals surface area contributed by atoms with E-state index in [1.54, 1.807) is 0 Å². The minimum absolute atomic E-state index is 0. The quantitative estimate of drug-likeness (QED) is 0.142. The Bertz CT molecular complexity index is 2630. The summed E-state index contributed by atoms with van der Waals surface area (Å²) in [5.74, 6) is 0. The predicted octanol–water partition coefficient (Wildman–Crippen LogP) is 12.3. The van der Waals surface area contributed by atoms with Crippen LogP contribution >= 0.6 is 0 Å². The van der Waals surface area contributed by atoms with Crippen molar-refractivity contribution in [2.45, 2.75) is 7.43 Å². The molecule has 0 amide bonds. The molecule has 10 rings (SSSR count). The van der Waals surface area contributed by atoms with Gasteiger partial charge in [-0.05, 0) is 97.6 Å². The van der Waals surface area contributed by atoms with E-state index in [0.29, 0.717) is 0 Å². The van der Waals surface area contributed by atoms with Crippen molar-refractivity contribution in [2.24, 2.45) is 0 Å². The van der Waals surface area contributed by atoms with Gasteiger partial charge in [-0.3, -0.25) is 0 Å². The van der Waals surface area contributed by atoms with Gasteiger partial charge in [-0.15, -0.1) is 0 Å². The highest BCUT2D eigenvalue weighted by atomic mass is 28.3. The number of para-hydroxylation sites is 2. The van der Waals surface area contributed by atoms with Crippen molar-refractivity contribution in [3.63, 3.8) is 0 Å². The SMILES string of the molecule is C.c1ccc(-c2ccc(N(c3ccc(-c4ccccc4)cc3)c3ccc4c(c3)N(c3ccccc3)c3ccccc3[Si]4(c3ccccc3)c3ccccc3)cc2)cc1. The zero-order valence-electron chi connectivity index (χ0n) is 31.5. The molecule has 0 saturated carbocycles. The highest BCUT2D eigenvalue weighted by Gasteiger charge is 2.49. The van der Waals surface area contributed by atoms with Crippen LogP contribution in [0.25, 0.3) is 22.3 Å². The molecule has 1 aliphatic rings. The van der Waals surface area contributed by atoms with Gasteiger partial charge in [0.05, 0.1) is 0 Å². The van der Waals surface area contributed by atoms with Gasteiger partial charge in [0.1, 0.15) is 0 Å². The largest absolute Gasteiger partial charge is 0.311 e. The average Bonchev–Trinajstić information content (AvgIpc) is 3.30. The highest BCUT2D eigenvalue weighted by molar-refractivity contribution is 7.21. The maximum atomic E-state index is 2.49. The Balaban J connectivity index is 0.00000436. The first-order valence-electron chi connectivity index (χ1n) is 19.6. The maximum absolute atomic E-state index is 2.82. The molecule has 58 heavy (non-hydrogen) atoms. The van der Waals surface area contributed by atoms with Gasteiger partial charge in [-0.1, -0.05) is 195 Å².